The van der Waals surface area contributed by atoms with E-state index in [0.717, 1.165) is 11.6 Å². The molecule has 2 saturated carbocycles. The standard InChI is InChI=1S/C30H28ClF3N2O6S/c1-41-25-5-3-2-4-20(25)15-42-35-16-30(38)13-18-6-7-19(14-30)28(18)43(39,40)26-10-17(8-9-22(26)31)29(37)36-21-11-23(32)27(34)24(33)12-21/h2-5,8-12,16,18-19,28,38H,6-7,13-15H2,1H3,(H,36,37)/b35-16+/t18-,19?,28?,30?/m0/s1. The number of amides is 1. The van der Waals surface area contributed by atoms with Gasteiger partial charge in [-0.2, -0.15) is 0 Å². The molecule has 43 heavy (non-hydrogen) atoms. The van der Waals surface area contributed by atoms with Crippen molar-refractivity contribution in [1.29, 1.82) is 0 Å². The maximum atomic E-state index is 13.9. The van der Waals surface area contributed by atoms with Crippen LogP contribution in [0.5, 0.6) is 5.75 Å². The quantitative estimate of drug-likeness (QED) is 0.171. The Labute approximate surface area is 251 Å². The lowest BCUT2D eigenvalue weighted by atomic mass is 9.78. The maximum Gasteiger partial charge on any atom is 0.255 e. The fourth-order valence-corrected chi connectivity index (χ4v) is 8.93. The number of nitrogens with zero attached hydrogens (tertiary/aromatic N) is 1. The van der Waals surface area contributed by atoms with Crippen molar-refractivity contribution in [3.63, 3.8) is 0 Å². The van der Waals surface area contributed by atoms with Crippen LogP contribution in [0.4, 0.5) is 18.9 Å². The first-order valence-corrected chi connectivity index (χ1v) is 15.3. The van der Waals surface area contributed by atoms with Crippen LogP contribution in [0, 0.1) is 29.3 Å². The summed E-state index contributed by atoms with van der Waals surface area (Å²) in [6.07, 6.45) is 2.71. The molecule has 2 fully saturated rings. The normalized spacial score (nSPS) is 23.3. The van der Waals surface area contributed by atoms with Crippen molar-refractivity contribution in [2.75, 3.05) is 12.4 Å². The number of fused-ring (bicyclic) bond motifs is 2. The van der Waals surface area contributed by atoms with Crippen LogP contribution >= 0.6 is 11.6 Å². The van der Waals surface area contributed by atoms with Crippen molar-refractivity contribution in [1.82, 2.24) is 0 Å². The van der Waals surface area contributed by atoms with Gasteiger partial charge in [-0.25, -0.2) is 21.6 Å². The minimum Gasteiger partial charge on any atom is -0.496 e. The maximum absolute atomic E-state index is 13.9. The van der Waals surface area contributed by atoms with Gasteiger partial charge in [-0.3, -0.25) is 4.79 Å². The first-order valence-electron chi connectivity index (χ1n) is 13.4. The number of halogens is 4. The van der Waals surface area contributed by atoms with Crippen LogP contribution in [0.25, 0.3) is 0 Å². The number of rotatable bonds is 9. The molecule has 13 heteroatoms. The summed E-state index contributed by atoms with van der Waals surface area (Å²) in [5.74, 6) is -5.71. The van der Waals surface area contributed by atoms with Gasteiger partial charge >= 0.3 is 0 Å². The molecule has 3 unspecified atom stereocenters. The van der Waals surface area contributed by atoms with E-state index in [2.05, 4.69) is 10.5 Å². The van der Waals surface area contributed by atoms with Crippen LogP contribution in [0.1, 0.15) is 41.6 Å². The topological polar surface area (TPSA) is 114 Å². The molecule has 2 N–H and O–H groups in total. The van der Waals surface area contributed by atoms with Crippen molar-refractivity contribution in [3.8, 4) is 5.75 Å². The van der Waals surface area contributed by atoms with Crippen LogP contribution < -0.4 is 10.1 Å². The highest BCUT2D eigenvalue weighted by Crippen LogP contribution is 2.51. The highest BCUT2D eigenvalue weighted by molar-refractivity contribution is 7.92. The van der Waals surface area contributed by atoms with Crippen molar-refractivity contribution in [2.45, 2.75) is 48.0 Å². The molecule has 0 spiro atoms. The number of aliphatic hydroxyl groups is 1. The molecule has 0 aromatic heterocycles. The van der Waals surface area contributed by atoms with Gasteiger partial charge in [-0.05, 0) is 61.8 Å². The lowest BCUT2D eigenvalue weighted by molar-refractivity contribution is 0.0410. The summed E-state index contributed by atoms with van der Waals surface area (Å²) < 4.78 is 73.6. The summed E-state index contributed by atoms with van der Waals surface area (Å²) in [6.45, 7) is 0.119. The largest absolute Gasteiger partial charge is 0.496 e. The zero-order valence-electron chi connectivity index (χ0n) is 22.9. The lowest BCUT2D eigenvalue weighted by Crippen LogP contribution is -2.47. The fourth-order valence-electron chi connectivity index (χ4n) is 6.09. The molecule has 0 heterocycles. The van der Waals surface area contributed by atoms with Crippen molar-refractivity contribution in [3.05, 3.63) is 88.2 Å². The number of ether oxygens (including phenoxy) is 1. The average molecular weight is 637 g/mol. The van der Waals surface area contributed by atoms with Crippen molar-refractivity contribution < 1.29 is 41.1 Å². The van der Waals surface area contributed by atoms with Crippen LogP contribution in [0.15, 0.2) is 64.6 Å². The Morgan fingerprint density at radius 1 is 1.09 bits per heavy atom. The van der Waals surface area contributed by atoms with E-state index < -0.39 is 55.9 Å². The van der Waals surface area contributed by atoms with Crippen molar-refractivity contribution >= 4 is 39.2 Å². The second-order valence-corrected chi connectivity index (χ2v) is 13.3. The van der Waals surface area contributed by atoms with Crippen LogP contribution in [-0.2, 0) is 21.3 Å². The van der Waals surface area contributed by atoms with E-state index in [4.69, 9.17) is 21.2 Å². The highest BCUT2D eigenvalue weighted by Gasteiger charge is 2.54. The van der Waals surface area contributed by atoms with Gasteiger partial charge in [0.15, 0.2) is 27.3 Å². The van der Waals surface area contributed by atoms with Gasteiger partial charge in [-0.15, -0.1) is 0 Å². The van der Waals surface area contributed by atoms with Gasteiger partial charge in [0.1, 0.15) is 18.0 Å². The van der Waals surface area contributed by atoms with E-state index in [1.165, 1.54) is 18.3 Å². The van der Waals surface area contributed by atoms with E-state index in [-0.39, 0.29) is 40.6 Å². The third-order valence-electron chi connectivity index (χ3n) is 7.95. The number of para-hydroxylation sites is 1. The van der Waals surface area contributed by atoms with Gasteiger partial charge in [-0.1, -0.05) is 35.0 Å². The Bertz CT molecular complexity index is 1650. The van der Waals surface area contributed by atoms with Gasteiger partial charge < -0.3 is 20.0 Å². The summed E-state index contributed by atoms with van der Waals surface area (Å²) >= 11 is 6.30. The summed E-state index contributed by atoms with van der Waals surface area (Å²) in [7, 11) is -2.53. The molecule has 0 saturated heterocycles. The van der Waals surface area contributed by atoms with Crippen LogP contribution in [0.3, 0.4) is 0 Å². The molecule has 4 atom stereocenters. The SMILES string of the molecule is COc1ccccc1CO/N=C/C1(O)CC2CC[C@@H](C1)C2S(=O)(=O)c1cc(C(=O)Nc2cc(F)c(F)c(F)c2)ccc1Cl. The fraction of sp³-hybridized carbons (Fsp3) is 0.333. The Kier molecular flexibility index (Phi) is 8.73. The monoisotopic (exact) mass is 636 g/mol. The molecular formula is C30H28ClF3N2O6S. The lowest BCUT2D eigenvalue weighted by Gasteiger charge is -2.38. The number of hydrogen-bond donors (Lipinski definition) is 2. The van der Waals surface area contributed by atoms with Gasteiger partial charge in [0.05, 0.1) is 28.5 Å². The Hall–Kier alpha value is -3.61. The molecule has 0 radical (unpaired) electrons. The molecule has 228 valence electrons. The first-order chi connectivity index (χ1) is 20.4. The van der Waals surface area contributed by atoms with Crippen molar-refractivity contribution in [2.24, 2.45) is 17.0 Å². The molecular weight excluding hydrogens is 609 g/mol. The Morgan fingerprint density at radius 2 is 1.74 bits per heavy atom. The predicted octanol–water partition coefficient (Wildman–Crippen LogP) is 5.91. The van der Waals surface area contributed by atoms with E-state index in [1.807, 2.05) is 18.2 Å². The minimum atomic E-state index is -4.08. The molecule has 3 aromatic rings. The average Bonchev–Trinajstić information content (AvgIpc) is 3.27. The summed E-state index contributed by atoms with van der Waals surface area (Å²) in [6, 6.07) is 12.1. The second kappa shape index (κ2) is 12.2. The smallest absolute Gasteiger partial charge is 0.255 e. The number of carbonyl (C=O) groups excluding carboxylic acids is 1. The molecule has 3 aromatic carbocycles. The molecule has 2 bridgehead atoms. The summed E-state index contributed by atoms with van der Waals surface area (Å²) in [5, 5.41) is 16.5. The minimum absolute atomic E-state index is 0.0954. The predicted molar refractivity (Wildman–Crippen MR) is 153 cm³/mol. The third-order valence-corrected chi connectivity index (χ3v) is 10.8. The highest BCUT2D eigenvalue weighted by atomic mass is 35.5. The number of nitrogens with one attached hydrogen (secondary N) is 1. The summed E-state index contributed by atoms with van der Waals surface area (Å²) in [5.41, 5.74) is -1.08. The number of carbonyl (C=O) groups is 1. The zero-order chi connectivity index (χ0) is 30.9. The molecule has 5 rings (SSSR count). The van der Waals surface area contributed by atoms with E-state index >= 15 is 0 Å². The molecule has 0 aliphatic heterocycles. The summed E-state index contributed by atoms with van der Waals surface area (Å²) in [4.78, 5) is 17.9. The van der Waals surface area contributed by atoms with E-state index in [9.17, 15) is 31.5 Å². The number of hydrogen-bond acceptors (Lipinski definition) is 7. The number of sulfone groups is 1. The van der Waals surface area contributed by atoms with Gasteiger partial charge in [0.2, 0.25) is 0 Å². The molecule has 2 aliphatic carbocycles. The number of oxime groups is 1. The van der Waals surface area contributed by atoms with E-state index in [1.54, 1.807) is 13.2 Å². The molecule has 1 amide bonds. The van der Waals surface area contributed by atoms with Crippen LogP contribution in [-0.4, -0.2) is 43.6 Å². The third kappa shape index (κ3) is 6.36. The number of methoxy groups -OCH3 is 1. The Balaban J connectivity index is 1.30. The molecule has 2 aliphatic rings. The van der Waals surface area contributed by atoms with Gasteiger partial charge in [0, 0.05) is 28.9 Å². The van der Waals surface area contributed by atoms with Crippen LogP contribution in [0.2, 0.25) is 5.02 Å². The zero-order valence-corrected chi connectivity index (χ0v) is 24.5. The van der Waals surface area contributed by atoms with Gasteiger partial charge in [0.25, 0.3) is 5.91 Å². The number of anilines is 1. The molecule has 8 nitrogen and oxygen atoms in total. The Morgan fingerprint density at radius 3 is 2.40 bits per heavy atom. The first kappa shape index (κ1) is 30.8. The van der Waals surface area contributed by atoms with E-state index in [0.29, 0.717) is 30.7 Å². The second-order valence-electron chi connectivity index (χ2n) is 10.8. The number of benzene rings is 3.